The molecule has 0 saturated heterocycles. The number of carboxylic acid groups (broad SMARTS) is 1. The van der Waals surface area contributed by atoms with E-state index in [0.717, 1.165) is 11.3 Å². The fourth-order valence-electron chi connectivity index (χ4n) is 2.40. The predicted octanol–water partition coefficient (Wildman–Crippen LogP) is 0.939. The molecule has 18 heavy (non-hydrogen) atoms. The maximum absolute atomic E-state index is 11.3. The molecule has 1 amide bonds. The molecule has 0 saturated carbocycles. The minimum atomic E-state index is -0.825. The molecule has 5 heteroatoms. The van der Waals surface area contributed by atoms with Gasteiger partial charge in [-0.05, 0) is 25.0 Å². The summed E-state index contributed by atoms with van der Waals surface area (Å²) < 4.78 is 0. The molecule has 2 rings (SSSR count). The highest BCUT2D eigenvalue weighted by molar-refractivity contribution is 5.86. The number of nitrogens with two attached hydrogens (primary N) is 1. The van der Waals surface area contributed by atoms with Crippen molar-refractivity contribution in [3.8, 4) is 0 Å². The topological polar surface area (TPSA) is 83.6 Å². The third-order valence-corrected chi connectivity index (χ3v) is 3.46. The summed E-state index contributed by atoms with van der Waals surface area (Å²) in [6.07, 6.45) is 0.490. The Balaban J connectivity index is 2.42. The van der Waals surface area contributed by atoms with E-state index in [0.29, 0.717) is 13.0 Å². The first-order valence-corrected chi connectivity index (χ1v) is 5.90. The highest BCUT2D eigenvalue weighted by Crippen LogP contribution is 2.36. The largest absolute Gasteiger partial charge is 0.481 e. The number of carbonyl (C=O) groups is 2. The van der Waals surface area contributed by atoms with Gasteiger partial charge in [-0.1, -0.05) is 18.2 Å². The Kier molecular flexibility index (Phi) is 3.23. The second-order valence-electron chi connectivity index (χ2n) is 4.51. The van der Waals surface area contributed by atoms with Crippen molar-refractivity contribution in [2.45, 2.75) is 25.3 Å². The first kappa shape index (κ1) is 12.4. The van der Waals surface area contributed by atoms with Crippen LogP contribution in [0.5, 0.6) is 0 Å². The number of carbonyl (C=O) groups excluding carboxylic acids is 1. The number of fused-ring (bicyclic) bond motifs is 1. The van der Waals surface area contributed by atoms with E-state index in [-0.39, 0.29) is 0 Å². The van der Waals surface area contributed by atoms with Gasteiger partial charge in [0.2, 0.25) is 5.91 Å². The zero-order valence-corrected chi connectivity index (χ0v) is 10.2. The molecule has 1 aromatic carbocycles. The van der Waals surface area contributed by atoms with E-state index in [1.165, 1.54) is 0 Å². The van der Waals surface area contributed by atoms with Gasteiger partial charge in [-0.15, -0.1) is 0 Å². The van der Waals surface area contributed by atoms with Crippen LogP contribution in [0.4, 0.5) is 5.69 Å². The first-order valence-electron chi connectivity index (χ1n) is 5.90. The Bertz CT molecular complexity index is 487. The zero-order chi connectivity index (χ0) is 13.3. The van der Waals surface area contributed by atoms with Crippen LogP contribution in [-0.2, 0) is 9.59 Å². The average molecular weight is 248 g/mol. The molecule has 0 bridgehead atoms. The molecule has 0 radical (unpaired) electrons. The minimum absolute atomic E-state index is 0.404. The Morgan fingerprint density at radius 1 is 1.44 bits per heavy atom. The number of aliphatic carboxylic acids is 1. The lowest BCUT2D eigenvalue weighted by Crippen LogP contribution is -2.46. The van der Waals surface area contributed by atoms with Crippen molar-refractivity contribution in [2.24, 2.45) is 5.73 Å². The standard InChI is InChI=1S/C13H16N2O3/c1-8(12(14)16)15-7-6-10(13(17)18)9-4-2-3-5-11(9)15/h2-5,8,10H,6-7H2,1H3,(H2,14,16)(H,17,18)/t8-,10+/m1/s1. The van der Waals surface area contributed by atoms with Crippen molar-refractivity contribution >= 4 is 17.6 Å². The van der Waals surface area contributed by atoms with E-state index in [9.17, 15) is 14.7 Å². The molecule has 3 N–H and O–H groups in total. The Morgan fingerprint density at radius 3 is 2.72 bits per heavy atom. The second kappa shape index (κ2) is 4.68. The number of hydrogen-bond acceptors (Lipinski definition) is 3. The zero-order valence-electron chi connectivity index (χ0n) is 10.2. The Labute approximate surface area is 105 Å². The van der Waals surface area contributed by atoms with Gasteiger partial charge in [-0.2, -0.15) is 0 Å². The number of para-hydroxylation sites is 1. The molecule has 1 aromatic rings. The summed E-state index contributed by atoms with van der Waals surface area (Å²) in [4.78, 5) is 24.4. The molecule has 0 spiro atoms. The maximum Gasteiger partial charge on any atom is 0.311 e. The molecular formula is C13H16N2O3. The average Bonchev–Trinajstić information content (AvgIpc) is 2.36. The highest BCUT2D eigenvalue weighted by atomic mass is 16.4. The maximum atomic E-state index is 11.3. The molecule has 1 aliphatic rings. The predicted molar refractivity (Wildman–Crippen MR) is 67.4 cm³/mol. The van der Waals surface area contributed by atoms with Crippen LogP contribution in [0.15, 0.2) is 24.3 Å². The molecule has 0 aliphatic carbocycles. The van der Waals surface area contributed by atoms with Gasteiger partial charge in [-0.25, -0.2) is 0 Å². The van der Waals surface area contributed by atoms with Crippen LogP contribution in [0, 0.1) is 0 Å². The van der Waals surface area contributed by atoms with Crippen LogP contribution < -0.4 is 10.6 Å². The smallest absolute Gasteiger partial charge is 0.311 e. The summed E-state index contributed by atoms with van der Waals surface area (Å²) in [6, 6.07) is 6.86. The number of primary amides is 1. The second-order valence-corrected chi connectivity index (χ2v) is 4.51. The van der Waals surface area contributed by atoms with E-state index in [1.54, 1.807) is 13.0 Å². The van der Waals surface area contributed by atoms with Crippen molar-refractivity contribution in [2.75, 3.05) is 11.4 Å². The van der Waals surface area contributed by atoms with E-state index in [1.807, 2.05) is 23.1 Å². The molecule has 5 nitrogen and oxygen atoms in total. The fourth-order valence-corrected chi connectivity index (χ4v) is 2.40. The summed E-state index contributed by atoms with van der Waals surface area (Å²) >= 11 is 0. The minimum Gasteiger partial charge on any atom is -0.481 e. The molecular weight excluding hydrogens is 232 g/mol. The molecule has 2 atom stereocenters. The van der Waals surface area contributed by atoms with Gasteiger partial charge < -0.3 is 15.7 Å². The molecule has 0 aromatic heterocycles. The summed E-state index contributed by atoms with van der Waals surface area (Å²) in [5.41, 5.74) is 6.87. The van der Waals surface area contributed by atoms with Crippen molar-refractivity contribution < 1.29 is 14.7 Å². The van der Waals surface area contributed by atoms with Crippen molar-refractivity contribution in [1.29, 1.82) is 0 Å². The molecule has 1 heterocycles. The van der Waals surface area contributed by atoms with E-state index < -0.39 is 23.8 Å². The van der Waals surface area contributed by atoms with Crippen LogP contribution in [0.2, 0.25) is 0 Å². The normalized spacial score (nSPS) is 20.1. The lowest BCUT2D eigenvalue weighted by Gasteiger charge is -2.37. The fraction of sp³-hybridized carbons (Fsp3) is 0.385. The quantitative estimate of drug-likeness (QED) is 0.833. The van der Waals surface area contributed by atoms with Gasteiger partial charge in [0.05, 0.1) is 5.92 Å². The summed E-state index contributed by atoms with van der Waals surface area (Å²) in [7, 11) is 0. The summed E-state index contributed by atoms with van der Waals surface area (Å²) in [5.74, 6) is -1.73. The van der Waals surface area contributed by atoms with E-state index in [4.69, 9.17) is 5.73 Å². The third kappa shape index (κ3) is 2.03. The number of carboxylic acids is 1. The molecule has 0 fully saturated rings. The van der Waals surface area contributed by atoms with Crippen LogP contribution >= 0.6 is 0 Å². The number of benzene rings is 1. The summed E-state index contributed by atoms with van der Waals surface area (Å²) in [5, 5.41) is 9.21. The SMILES string of the molecule is C[C@H](C(N)=O)N1CC[C@H](C(=O)O)c2ccccc21. The Hall–Kier alpha value is -2.04. The van der Waals surface area contributed by atoms with Crippen molar-refractivity contribution in [3.63, 3.8) is 0 Å². The Morgan fingerprint density at radius 2 is 2.11 bits per heavy atom. The number of hydrogen-bond donors (Lipinski definition) is 2. The molecule has 96 valence electrons. The van der Waals surface area contributed by atoms with Gasteiger partial charge >= 0.3 is 5.97 Å². The van der Waals surface area contributed by atoms with Crippen molar-refractivity contribution in [3.05, 3.63) is 29.8 Å². The van der Waals surface area contributed by atoms with Gasteiger partial charge in [-0.3, -0.25) is 9.59 Å². The number of nitrogens with zero attached hydrogens (tertiary/aromatic N) is 1. The van der Waals surface area contributed by atoms with Crippen molar-refractivity contribution in [1.82, 2.24) is 0 Å². The van der Waals surface area contributed by atoms with Gasteiger partial charge in [0.1, 0.15) is 6.04 Å². The van der Waals surface area contributed by atoms with Crippen LogP contribution in [0.25, 0.3) is 0 Å². The monoisotopic (exact) mass is 248 g/mol. The number of amides is 1. The third-order valence-electron chi connectivity index (χ3n) is 3.46. The highest BCUT2D eigenvalue weighted by Gasteiger charge is 2.32. The molecule has 0 unspecified atom stereocenters. The van der Waals surface area contributed by atoms with Crippen LogP contribution in [-0.4, -0.2) is 29.6 Å². The van der Waals surface area contributed by atoms with Gasteiger partial charge in [0, 0.05) is 12.2 Å². The van der Waals surface area contributed by atoms with Gasteiger partial charge in [0.25, 0.3) is 0 Å². The van der Waals surface area contributed by atoms with E-state index in [2.05, 4.69) is 0 Å². The lowest BCUT2D eigenvalue weighted by atomic mass is 9.89. The summed E-state index contributed by atoms with van der Waals surface area (Å²) in [6.45, 7) is 2.26. The number of rotatable bonds is 3. The van der Waals surface area contributed by atoms with Gasteiger partial charge in [0.15, 0.2) is 0 Å². The lowest BCUT2D eigenvalue weighted by molar-refractivity contribution is -0.139. The number of anilines is 1. The van der Waals surface area contributed by atoms with Crippen LogP contribution in [0.3, 0.4) is 0 Å². The first-order chi connectivity index (χ1) is 8.52. The van der Waals surface area contributed by atoms with Crippen LogP contribution in [0.1, 0.15) is 24.8 Å². The molecule has 1 aliphatic heterocycles. The van der Waals surface area contributed by atoms with E-state index >= 15 is 0 Å².